The van der Waals surface area contributed by atoms with Crippen LogP contribution in [0.15, 0.2) is 43.7 Å². The molecule has 2 aliphatic heterocycles. The van der Waals surface area contributed by atoms with E-state index in [1.165, 1.54) is 35.4 Å². The maximum atomic E-state index is 6.61. The molecule has 2 aromatic rings. The molecule has 0 amide bonds. The monoisotopic (exact) mass is 480 g/mol. The molecule has 130 valence electrons. The predicted octanol–water partition coefficient (Wildman–Crippen LogP) is 6.48. The quantitative estimate of drug-likeness (QED) is 0.465. The minimum atomic E-state index is -0.264. The Bertz CT molecular complexity index is 857. The number of ether oxygens (including phenoxy) is 1. The Morgan fingerprint density at radius 2 is 1.96 bits per heavy atom. The van der Waals surface area contributed by atoms with Gasteiger partial charge in [-0.15, -0.1) is 11.3 Å². The summed E-state index contributed by atoms with van der Waals surface area (Å²) in [5.74, 6) is 1.04. The summed E-state index contributed by atoms with van der Waals surface area (Å²) in [7, 11) is 0. The summed E-state index contributed by atoms with van der Waals surface area (Å²) in [6, 6.07) is 10.9. The van der Waals surface area contributed by atoms with E-state index in [4.69, 9.17) is 9.84 Å². The molecule has 0 unspecified atom stereocenters. The van der Waals surface area contributed by atoms with E-state index in [2.05, 4.69) is 67.2 Å². The Kier molecular flexibility index (Phi) is 3.99. The molecule has 1 aliphatic carbocycles. The standard InChI is InChI=1S/C19H18Br2N2OS/c20-12-4-5-16-13(10-12)15-11-14(17-6-7-18(21)25-17)22-23(15)19(24-16)8-2-1-3-9-19/h4-7,10,15H,1-3,8-9,11H2/t15-/m0/s1. The van der Waals surface area contributed by atoms with E-state index in [-0.39, 0.29) is 11.8 Å². The molecule has 1 saturated carbocycles. The van der Waals surface area contributed by atoms with Crippen molar-refractivity contribution in [1.82, 2.24) is 5.01 Å². The molecular weight excluding hydrogens is 464 g/mol. The normalized spacial score (nSPS) is 23.8. The highest BCUT2D eigenvalue weighted by Crippen LogP contribution is 2.52. The highest BCUT2D eigenvalue weighted by atomic mass is 79.9. The van der Waals surface area contributed by atoms with Crippen LogP contribution in [0.4, 0.5) is 0 Å². The van der Waals surface area contributed by atoms with Gasteiger partial charge in [0.1, 0.15) is 5.75 Å². The molecule has 6 heteroatoms. The van der Waals surface area contributed by atoms with Gasteiger partial charge in [0, 0.05) is 29.3 Å². The van der Waals surface area contributed by atoms with Crippen molar-refractivity contribution in [2.45, 2.75) is 50.3 Å². The van der Waals surface area contributed by atoms with Crippen LogP contribution in [0, 0.1) is 0 Å². The smallest absolute Gasteiger partial charge is 0.198 e. The van der Waals surface area contributed by atoms with Crippen molar-refractivity contribution in [1.29, 1.82) is 0 Å². The Morgan fingerprint density at radius 3 is 2.72 bits per heavy atom. The molecule has 3 nitrogen and oxygen atoms in total. The van der Waals surface area contributed by atoms with E-state index in [1.54, 1.807) is 11.3 Å². The molecule has 0 bridgehead atoms. The second kappa shape index (κ2) is 6.10. The van der Waals surface area contributed by atoms with Gasteiger partial charge in [0.25, 0.3) is 0 Å². The second-order valence-corrected chi connectivity index (χ2v) is 10.4. The number of nitrogens with zero attached hydrogens (tertiary/aromatic N) is 2. The van der Waals surface area contributed by atoms with Crippen LogP contribution < -0.4 is 4.74 Å². The zero-order valence-electron chi connectivity index (χ0n) is 13.7. The molecule has 1 aromatic heterocycles. The average molecular weight is 482 g/mol. The third-order valence-corrected chi connectivity index (χ3v) is 7.62. The first-order valence-corrected chi connectivity index (χ1v) is 11.2. The van der Waals surface area contributed by atoms with Crippen molar-refractivity contribution in [3.8, 4) is 5.75 Å². The lowest BCUT2D eigenvalue weighted by molar-refractivity contribution is -0.140. The molecule has 25 heavy (non-hydrogen) atoms. The van der Waals surface area contributed by atoms with E-state index < -0.39 is 0 Å². The zero-order valence-corrected chi connectivity index (χ0v) is 17.7. The van der Waals surface area contributed by atoms with Gasteiger partial charge in [-0.1, -0.05) is 22.4 Å². The summed E-state index contributed by atoms with van der Waals surface area (Å²) in [6.07, 6.45) is 6.79. The number of hydrazone groups is 1. The van der Waals surface area contributed by atoms with E-state index in [0.717, 1.165) is 33.3 Å². The lowest BCUT2D eigenvalue weighted by Gasteiger charge is -2.49. The van der Waals surface area contributed by atoms with Gasteiger partial charge < -0.3 is 4.74 Å². The molecule has 1 fully saturated rings. The fraction of sp³-hybridized carbons (Fsp3) is 0.421. The minimum Gasteiger partial charge on any atom is -0.466 e. The molecule has 1 spiro atoms. The highest BCUT2D eigenvalue weighted by molar-refractivity contribution is 9.11. The Balaban J connectivity index is 1.61. The summed E-state index contributed by atoms with van der Waals surface area (Å²) in [5.41, 5.74) is 2.17. The predicted molar refractivity (Wildman–Crippen MR) is 108 cm³/mol. The van der Waals surface area contributed by atoms with Crippen molar-refractivity contribution in [2.75, 3.05) is 0 Å². The van der Waals surface area contributed by atoms with Gasteiger partial charge in [-0.05, 0) is 59.1 Å². The Morgan fingerprint density at radius 1 is 1.12 bits per heavy atom. The van der Waals surface area contributed by atoms with Crippen LogP contribution >= 0.6 is 43.2 Å². The maximum Gasteiger partial charge on any atom is 0.198 e. The van der Waals surface area contributed by atoms with Gasteiger partial charge in [0.2, 0.25) is 0 Å². The van der Waals surface area contributed by atoms with Crippen molar-refractivity contribution in [3.05, 3.63) is 49.0 Å². The van der Waals surface area contributed by atoms with Crippen LogP contribution in [-0.4, -0.2) is 16.4 Å². The molecule has 1 atom stereocenters. The van der Waals surface area contributed by atoms with E-state index in [1.807, 2.05) is 0 Å². The summed E-state index contributed by atoms with van der Waals surface area (Å²) in [4.78, 5) is 1.25. The number of rotatable bonds is 1. The average Bonchev–Trinajstić information content (AvgIpc) is 3.24. The van der Waals surface area contributed by atoms with Crippen molar-refractivity contribution < 1.29 is 4.74 Å². The van der Waals surface area contributed by atoms with Gasteiger partial charge in [-0.3, -0.25) is 0 Å². The molecule has 0 radical (unpaired) electrons. The van der Waals surface area contributed by atoms with E-state index in [0.29, 0.717) is 0 Å². The molecule has 0 N–H and O–H groups in total. The van der Waals surface area contributed by atoms with Gasteiger partial charge in [-0.2, -0.15) is 5.10 Å². The van der Waals surface area contributed by atoms with Crippen molar-refractivity contribution in [3.63, 3.8) is 0 Å². The molecule has 5 rings (SSSR count). The first-order chi connectivity index (χ1) is 12.1. The van der Waals surface area contributed by atoms with Crippen LogP contribution in [-0.2, 0) is 0 Å². The van der Waals surface area contributed by atoms with Crippen molar-refractivity contribution >= 4 is 48.9 Å². The van der Waals surface area contributed by atoms with Crippen LogP contribution in [0.2, 0.25) is 0 Å². The number of hydrogen-bond acceptors (Lipinski definition) is 4. The van der Waals surface area contributed by atoms with Gasteiger partial charge in [0.15, 0.2) is 5.72 Å². The number of hydrogen-bond donors (Lipinski definition) is 0. The molecule has 1 aromatic carbocycles. The number of halogens is 2. The van der Waals surface area contributed by atoms with E-state index >= 15 is 0 Å². The van der Waals surface area contributed by atoms with Gasteiger partial charge in [-0.25, -0.2) is 5.01 Å². The number of fused-ring (bicyclic) bond motifs is 4. The Hall–Kier alpha value is -0.850. The van der Waals surface area contributed by atoms with Gasteiger partial charge >= 0.3 is 0 Å². The van der Waals surface area contributed by atoms with Crippen LogP contribution in [0.1, 0.15) is 55.0 Å². The summed E-state index contributed by atoms with van der Waals surface area (Å²) < 4.78 is 8.86. The number of thiophene rings is 1. The Labute approximate surface area is 168 Å². The van der Waals surface area contributed by atoms with Crippen LogP contribution in [0.5, 0.6) is 5.75 Å². The van der Waals surface area contributed by atoms with Crippen LogP contribution in [0.3, 0.4) is 0 Å². The molecule has 0 saturated heterocycles. The summed E-state index contributed by atoms with van der Waals surface area (Å²) in [5, 5.41) is 7.39. The van der Waals surface area contributed by atoms with Crippen molar-refractivity contribution in [2.24, 2.45) is 5.10 Å². The summed E-state index contributed by atoms with van der Waals surface area (Å²) in [6.45, 7) is 0. The molecule has 3 aliphatic rings. The van der Waals surface area contributed by atoms with E-state index in [9.17, 15) is 0 Å². The van der Waals surface area contributed by atoms with Crippen LogP contribution in [0.25, 0.3) is 0 Å². The summed E-state index contributed by atoms with van der Waals surface area (Å²) >= 11 is 8.96. The first-order valence-electron chi connectivity index (χ1n) is 8.76. The lowest BCUT2D eigenvalue weighted by atomic mass is 9.87. The highest BCUT2D eigenvalue weighted by Gasteiger charge is 2.50. The fourth-order valence-corrected chi connectivity index (χ4v) is 6.06. The largest absolute Gasteiger partial charge is 0.466 e. The fourth-order valence-electron chi connectivity index (χ4n) is 4.31. The maximum absolute atomic E-state index is 6.61. The SMILES string of the molecule is Brc1ccc2c(c1)[C@@H]1CC(c3ccc(Br)s3)=NN1C1(CCCCC1)O2. The zero-order chi connectivity index (χ0) is 17.0. The molecular formula is C19H18Br2N2OS. The molecule has 3 heterocycles. The van der Waals surface area contributed by atoms with Gasteiger partial charge in [0.05, 0.1) is 20.4 Å². The topological polar surface area (TPSA) is 24.8 Å². The third-order valence-electron chi connectivity index (χ3n) is 5.45. The third kappa shape index (κ3) is 2.68. The second-order valence-electron chi connectivity index (χ2n) is 7.01. The minimum absolute atomic E-state index is 0.264. The lowest BCUT2D eigenvalue weighted by Crippen LogP contribution is -2.54. The number of benzene rings is 1. The first kappa shape index (κ1) is 16.3.